The number of hydrogen-bond acceptors (Lipinski definition) is 5. The number of hydrogen-bond donors (Lipinski definition) is 1. The van der Waals surface area contributed by atoms with Gasteiger partial charge in [0.1, 0.15) is 6.61 Å². The van der Waals surface area contributed by atoms with Gasteiger partial charge >= 0.3 is 6.09 Å². The minimum Gasteiger partial charge on any atom is -0.445 e. The van der Waals surface area contributed by atoms with Crippen LogP contribution < -0.4 is 5.32 Å². The SMILES string of the molecule is C=CCOC(=O)N1CCCCC1C=C(C)C(=O)C[C@H]1NC(=O)[C@H]1[C@@H](CO[Si](C)C)C(C)(C)C. The number of ether oxygens (including phenoxy) is 1. The van der Waals surface area contributed by atoms with E-state index in [1.165, 1.54) is 0 Å². The first-order valence-electron chi connectivity index (χ1n) is 11.9. The zero-order valence-corrected chi connectivity index (χ0v) is 22.1. The summed E-state index contributed by atoms with van der Waals surface area (Å²) in [5.74, 6) is -0.188. The first-order valence-corrected chi connectivity index (χ1v) is 14.4. The molecule has 0 bridgehead atoms. The first kappa shape index (κ1) is 27.3. The van der Waals surface area contributed by atoms with Crippen molar-refractivity contribution in [2.45, 2.75) is 78.6 Å². The van der Waals surface area contributed by atoms with Crippen LogP contribution in [0, 0.1) is 17.3 Å². The number of likely N-dealkylation sites (tertiary alicyclic amines) is 1. The highest BCUT2D eigenvalue weighted by Gasteiger charge is 2.49. The molecule has 2 fully saturated rings. The summed E-state index contributed by atoms with van der Waals surface area (Å²) in [5.41, 5.74) is 0.514. The number of rotatable bonds is 10. The zero-order valence-electron chi connectivity index (χ0n) is 21.1. The molecule has 0 aromatic rings. The van der Waals surface area contributed by atoms with Crippen LogP contribution in [0.3, 0.4) is 0 Å². The van der Waals surface area contributed by atoms with E-state index >= 15 is 0 Å². The van der Waals surface area contributed by atoms with Crippen molar-refractivity contribution in [3.8, 4) is 0 Å². The van der Waals surface area contributed by atoms with Crippen molar-refractivity contribution < 1.29 is 23.5 Å². The molecule has 1 unspecified atom stereocenters. The maximum atomic E-state index is 13.1. The Labute approximate surface area is 200 Å². The molecule has 185 valence electrons. The molecule has 0 saturated carbocycles. The Morgan fingerprint density at radius 1 is 1.30 bits per heavy atom. The fraction of sp³-hybridized carbons (Fsp3) is 0.720. The van der Waals surface area contributed by atoms with Crippen LogP contribution in [-0.2, 0) is 18.8 Å². The molecule has 0 spiro atoms. The summed E-state index contributed by atoms with van der Waals surface area (Å²) in [5, 5.41) is 2.94. The summed E-state index contributed by atoms with van der Waals surface area (Å²) in [7, 11) is -0.866. The molecule has 2 rings (SSSR count). The summed E-state index contributed by atoms with van der Waals surface area (Å²) in [6.07, 6.45) is 6.05. The topological polar surface area (TPSA) is 84.9 Å². The highest BCUT2D eigenvalue weighted by atomic mass is 28.3. The molecule has 2 heterocycles. The van der Waals surface area contributed by atoms with Crippen molar-refractivity contribution in [3.05, 3.63) is 24.3 Å². The molecule has 2 saturated heterocycles. The number of nitrogens with one attached hydrogen (secondary N) is 1. The Morgan fingerprint density at radius 2 is 2.00 bits per heavy atom. The van der Waals surface area contributed by atoms with Gasteiger partial charge in [0.2, 0.25) is 14.9 Å². The fourth-order valence-electron chi connectivity index (χ4n) is 4.56. The minimum absolute atomic E-state index is 0.000653. The largest absolute Gasteiger partial charge is 0.445 e. The van der Waals surface area contributed by atoms with Crippen LogP contribution in [-0.4, -0.2) is 63.6 Å². The number of amides is 2. The molecule has 2 aliphatic heterocycles. The van der Waals surface area contributed by atoms with Gasteiger partial charge in [-0.1, -0.05) is 39.5 Å². The maximum absolute atomic E-state index is 13.1. The minimum atomic E-state index is -0.866. The van der Waals surface area contributed by atoms with Gasteiger partial charge in [-0.05, 0) is 56.2 Å². The Hall–Kier alpha value is -1.93. The van der Waals surface area contributed by atoms with Gasteiger partial charge < -0.3 is 19.4 Å². The Bertz CT molecular complexity index is 758. The maximum Gasteiger partial charge on any atom is 0.410 e. The van der Waals surface area contributed by atoms with Gasteiger partial charge in [0.15, 0.2) is 5.78 Å². The van der Waals surface area contributed by atoms with E-state index in [9.17, 15) is 14.4 Å². The molecule has 1 radical (unpaired) electrons. The molecular formula is C25H41N2O5Si. The summed E-state index contributed by atoms with van der Waals surface area (Å²) >= 11 is 0. The average Bonchev–Trinajstić information content (AvgIpc) is 2.73. The molecule has 0 aromatic heterocycles. The number of β-lactam (4-membered cyclic amide) rings is 1. The van der Waals surface area contributed by atoms with Crippen molar-refractivity contribution in [1.29, 1.82) is 0 Å². The van der Waals surface area contributed by atoms with Crippen LogP contribution in [0.15, 0.2) is 24.3 Å². The number of carbonyl (C=O) groups excluding carboxylic acids is 3. The van der Waals surface area contributed by atoms with E-state index in [1.807, 2.05) is 6.08 Å². The predicted molar refractivity (Wildman–Crippen MR) is 131 cm³/mol. The fourth-order valence-corrected chi connectivity index (χ4v) is 5.07. The molecule has 0 aromatic carbocycles. The third-order valence-electron chi connectivity index (χ3n) is 6.56. The van der Waals surface area contributed by atoms with Gasteiger partial charge in [-0.25, -0.2) is 4.79 Å². The number of nitrogens with zero attached hydrogens (tertiary/aromatic N) is 1. The van der Waals surface area contributed by atoms with Crippen LogP contribution in [0.5, 0.6) is 0 Å². The number of Topliss-reactive ketones (excluding diaryl/α,β-unsaturated/α-hetero) is 1. The van der Waals surface area contributed by atoms with E-state index in [0.717, 1.165) is 19.3 Å². The second kappa shape index (κ2) is 12.0. The zero-order chi connectivity index (χ0) is 24.8. The molecule has 2 aliphatic rings. The average molecular weight is 478 g/mol. The normalized spacial score (nSPS) is 24.7. The third-order valence-corrected chi connectivity index (χ3v) is 7.30. The highest BCUT2D eigenvalue weighted by molar-refractivity contribution is 6.48. The second-order valence-corrected chi connectivity index (χ2v) is 12.5. The molecule has 1 N–H and O–H groups in total. The van der Waals surface area contributed by atoms with Crippen LogP contribution in [0.25, 0.3) is 0 Å². The number of ketones is 1. The van der Waals surface area contributed by atoms with Crippen molar-refractivity contribution in [2.75, 3.05) is 19.8 Å². The van der Waals surface area contributed by atoms with Crippen molar-refractivity contribution in [1.82, 2.24) is 10.2 Å². The lowest BCUT2D eigenvalue weighted by Gasteiger charge is -2.46. The number of carbonyl (C=O) groups is 3. The molecule has 33 heavy (non-hydrogen) atoms. The van der Waals surface area contributed by atoms with E-state index in [2.05, 4.69) is 45.8 Å². The summed E-state index contributed by atoms with van der Waals surface area (Å²) < 4.78 is 11.2. The molecule has 2 amide bonds. The molecule has 7 nitrogen and oxygen atoms in total. The van der Waals surface area contributed by atoms with Gasteiger partial charge in [0, 0.05) is 25.6 Å². The van der Waals surface area contributed by atoms with Crippen LogP contribution >= 0.6 is 0 Å². The Morgan fingerprint density at radius 3 is 2.58 bits per heavy atom. The van der Waals surface area contributed by atoms with E-state index in [0.29, 0.717) is 18.7 Å². The number of allylic oxidation sites excluding steroid dienone is 1. The van der Waals surface area contributed by atoms with Gasteiger partial charge in [-0.3, -0.25) is 9.59 Å². The van der Waals surface area contributed by atoms with Gasteiger partial charge in [-0.15, -0.1) is 0 Å². The Balaban J connectivity index is 2.07. The lowest BCUT2D eigenvalue weighted by Crippen LogP contribution is -2.63. The summed E-state index contributed by atoms with van der Waals surface area (Å²) in [6, 6.07) is -0.345. The number of piperidine rings is 1. The van der Waals surface area contributed by atoms with E-state index in [4.69, 9.17) is 9.16 Å². The third kappa shape index (κ3) is 7.53. The smallest absolute Gasteiger partial charge is 0.410 e. The lowest BCUT2D eigenvalue weighted by molar-refractivity contribution is -0.143. The predicted octanol–water partition coefficient (Wildman–Crippen LogP) is 4.11. The molecule has 8 heteroatoms. The van der Waals surface area contributed by atoms with E-state index in [1.54, 1.807) is 17.9 Å². The molecule has 0 aliphatic carbocycles. The van der Waals surface area contributed by atoms with Crippen molar-refractivity contribution in [2.24, 2.45) is 17.3 Å². The van der Waals surface area contributed by atoms with Crippen LogP contribution in [0.1, 0.15) is 53.4 Å². The van der Waals surface area contributed by atoms with Crippen molar-refractivity contribution >= 4 is 26.8 Å². The van der Waals surface area contributed by atoms with Gasteiger partial charge in [-0.2, -0.15) is 0 Å². The quantitative estimate of drug-likeness (QED) is 0.221. The van der Waals surface area contributed by atoms with E-state index in [-0.39, 0.29) is 60.1 Å². The second-order valence-electron chi connectivity index (χ2n) is 10.4. The standard InChI is InChI=1S/C25H41N2O5Si/c1-8-13-31-24(30)27-12-10-9-11-18(27)14-17(2)21(28)15-20-22(23(29)26-20)19(25(3,4)5)16-32-33(6)7/h8,14,18-20,22H,1,9-13,15-16H2,2-7H3,(H,26,29)/t18?,19-,20-,22+/m1/s1. The molecular weight excluding hydrogens is 436 g/mol. The Kier molecular flexibility index (Phi) is 9.91. The lowest BCUT2D eigenvalue weighted by atomic mass is 9.66. The highest BCUT2D eigenvalue weighted by Crippen LogP contribution is 2.39. The van der Waals surface area contributed by atoms with Crippen molar-refractivity contribution in [3.63, 3.8) is 0 Å². The monoisotopic (exact) mass is 477 g/mol. The van der Waals surface area contributed by atoms with Crippen LogP contribution in [0.2, 0.25) is 13.1 Å². The van der Waals surface area contributed by atoms with E-state index < -0.39 is 9.04 Å². The summed E-state index contributed by atoms with van der Waals surface area (Å²) in [4.78, 5) is 39.6. The van der Waals surface area contributed by atoms with Gasteiger partial charge in [0.05, 0.1) is 12.0 Å². The van der Waals surface area contributed by atoms with Gasteiger partial charge in [0.25, 0.3) is 0 Å². The molecule has 4 atom stereocenters. The first-order chi connectivity index (χ1) is 15.5. The van der Waals surface area contributed by atoms with Crippen LogP contribution in [0.4, 0.5) is 4.79 Å². The summed E-state index contributed by atoms with van der Waals surface area (Å²) in [6.45, 7) is 17.2.